The van der Waals surface area contributed by atoms with E-state index in [0.29, 0.717) is 12.4 Å². The number of hydrogen-bond donors (Lipinski definition) is 2. The molecule has 28 heavy (non-hydrogen) atoms. The van der Waals surface area contributed by atoms with Crippen molar-refractivity contribution in [1.29, 1.82) is 5.26 Å². The van der Waals surface area contributed by atoms with E-state index in [0.717, 1.165) is 43.2 Å². The lowest BCUT2D eigenvalue weighted by Gasteiger charge is -2.31. The standard InChI is InChI=1S/C20H21N7O/c1-25-17-6-3-2-5-16(17)24-19(25)15(13-21)18(28)14-26-9-11-27(12-10-26)20-22-7-4-8-23-20/h2-8,28H,9-12,14H2,1H3/p+1/b18-15-. The number of nitrogens with zero attached hydrogens (tertiary/aromatic N) is 6. The third-order valence-corrected chi connectivity index (χ3v) is 5.13. The summed E-state index contributed by atoms with van der Waals surface area (Å²) in [7, 11) is 1.86. The van der Waals surface area contributed by atoms with Gasteiger partial charge in [0.2, 0.25) is 5.95 Å². The van der Waals surface area contributed by atoms with Gasteiger partial charge < -0.3 is 19.5 Å². The molecule has 2 aromatic heterocycles. The molecule has 3 aromatic rings. The Kier molecular flexibility index (Phi) is 4.91. The maximum atomic E-state index is 10.7. The molecule has 8 nitrogen and oxygen atoms in total. The summed E-state index contributed by atoms with van der Waals surface area (Å²) in [5.41, 5.74) is 1.98. The number of aryl methyl sites for hydroxylation is 1. The van der Waals surface area contributed by atoms with Gasteiger partial charge in [-0.1, -0.05) is 12.1 Å². The number of benzene rings is 1. The Bertz CT molecular complexity index is 1040. The van der Waals surface area contributed by atoms with Crippen LogP contribution in [0.3, 0.4) is 0 Å². The summed E-state index contributed by atoms with van der Waals surface area (Å²) < 4.78 is 1.85. The van der Waals surface area contributed by atoms with Crippen LogP contribution in [0.25, 0.3) is 16.6 Å². The van der Waals surface area contributed by atoms with Gasteiger partial charge in [0.25, 0.3) is 0 Å². The lowest BCUT2D eigenvalue weighted by molar-refractivity contribution is -0.897. The normalized spacial score (nSPS) is 16.1. The molecule has 1 saturated heterocycles. The van der Waals surface area contributed by atoms with Gasteiger partial charge in [-0.15, -0.1) is 0 Å². The summed E-state index contributed by atoms with van der Waals surface area (Å²) in [5, 5.41) is 20.4. The average molecular weight is 376 g/mol. The van der Waals surface area contributed by atoms with Crippen LogP contribution in [0, 0.1) is 11.3 Å². The number of allylic oxidation sites excluding steroid dienone is 1. The van der Waals surface area contributed by atoms with Gasteiger partial charge in [0.15, 0.2) is 11.6 Å². The summed E-state index contributed by atoms with van der Waals surface area (Å²) in [5.74, 6) is 1.32. The van der Waals surface area contributed by atoms with Crippen molar-refractivity contribution in [1.82, 2.24) is 19.5 Å². The monoisotopic (exact) mass is 376 g/mol. The zero-order valence-corrected chi connectivity index (χ0v) is 15.7. The minimum Gasteiger partial charge on any atom is -0.506 e. The van der Waals surface area contributed by atoms with Crippen LogP contribution in [0.2, 0.25) is 0 Å². The Morgan fingerprint density at radius 2 is 1.89 bits per heavy atom. The molecule has 0 unspecified atom stereocenters. The number of hydrogen-bond acceptors (Lipinski definition) is 6. The summed E-state index contributed by atoms with van der Waals surface area (Å²) in [6, 6.07) is 11.7. The minimum atomic E-state index is 0.0836. The average Bonchev–Trinajstić information content (AvgIpc) is 3.06. The fourth-order valence-electron chi connectivity index (χ4n) is 3.59. The highest BCUT2D eigenvalue weighted by atomic mass is 16.3. The third-order valence-electron chi connectivity index (χ3n) is 5.13. The largest absolute Gasteiger partial charge is 0.506 e. The van der Waals surface area contributed by atoms with E-state index >= 15 is 0 Å². The molecule has 3 heterocycles. The van der Waals surface area contributed by atoms with E-state index in [9.17, 15) is 10.4 Å². The first kappa shape index (κ1) is 17.9. The van der Waals surface area contributed by atoms with Crippen molar-refractivity contribution in [3.05, 3.63) is 54.3 Å². The van der Waals surface area contributed by atoms with Crippen LogP contribution in [0.1, 0.15) is 5.82 Å². The number of rotatable bonds is 4. The van der Waals surface area contributed by atoms with Crippen molar-refractivity contribution >= 4 is 22.6 Å². The van der Waals surface area contributed by atoms with Crippen LogP contribution < -0.4 is 9.80 Å². The van der Waals surface area contributed by atoms with Crippen molar-refractivity contribution in [2.75, 3.05) is 37.6 Å². The van der Waals surface area contributed by atoms with Gasteiger partial charge in [0.1, 0.15) is 18.2 Å². The number of para-hydroxylation sites is 2. The predicted octanol–water partition coefficient (Wildman–Crippen LogP) is 0.561. The van der Waals surface area contributed by atoms with E-state index in [1.165, 1.54) is 4.90 Å². The minimum absolute atomic E-state index is 0.0836. The van der Waals surface area contributed by atoms with Crippen molar-refractivity contribution in [2.45, 2.75) is 0 Å². The van der Waals surface area contributed by atoms with Crippen molar-refractivity contribution < 1.29 is 10.0 Å². The highest BCUT2D eigenvalue weighted by Crippen LogP contribution is 2.21. The molecular formula is C20H22N7O+. The molecule has 0 spiro atoms. The highest BCUT2D eigenvalue weighted by Gasteiger charge is 2.25. The lowest BCUT2D eigenvalue weighted by atomic mass is 10.2. The van der Waals surface area contributed by atoms with Crippen molar-refractivity contribution in [3.8, 4) is 6.07 Å². The Labute approximate surface area is 163 Å². The number of fused-ring (bicyclic) bond motifs is 1. The maximum Gasteiger partial charge on any atom is 0.225 e. The lowest BCUT2D eigenvalue weighted by Crippen LogP contribution is -3.15. The molecule has 142 valence electrons. The molecule has 0 radical (unpaired) electrons. The molecule has 0 bridgehead atoms. The maximum absolute atomic E-state index is 10.7. The number of nitriles is 1. The molecule has 4 rings (SSSR count). The number of imidazole rings is 1. The van der Waals surface area contributed by atoms with Crippen LogP contribution in [-0.4, -0.2) is 57.3 Å². The molecule has 0 saturated carbocycles. The summed E-state index contributed by atoms with van der Waals surface area (Å²) in [6.07, 6.45) is 3.48. The first-order valence-electron chi connectivity index (χ1n) is 9.27. The molecule has 1 aliphatic rings. The summed E-state index contributed by atoms with van der Waals surface area (Å²) in [6.45, 7) is 3.68. The Balaban J connectivity index is 1.50. The zero-order chi connectivity index (χ0) is 19.5. The van der Waals surface area contributed by atoms with Crippen molar-refractivity contribution in [2.24, 2.45) is 7.05 Å². The van der Waals surface area contributed by atoms with Crippen LogP contribution >= 0.6 is 0 Å². The van der Waals surface area contributed by atoms with Crippen LogP contribution in [0.4, 0.5) is 5.95 Å². The topological polar surface area (TPSA) is 95.3 Å². The van der Waals surface area contributed by atoms with E-state index in [1.807, 2.05) is 35.9 Å². The SMILES string of the molecule is Cn1c(/C(C#N)=C(\O)C[NH+]2CCN(c3ncccn3)CC2)nc2ccccc21. The molecule has 0 aliphatic carbocycles. The van der Waals surface area contributed by atoms with Crippen LogP contribution in [-0.2, 0) is 7.05 Å². The fourth-order valence-corrected chi connectivity index (χ4v) is 3.59. The van der Waals surface area contributed by atoms with Gasteiger partial charge in [-0.3, -0.25) is 0 Å². The van der Waals surface area contributed by atoms with Gasteiger partial charge in [-0.2, -0.15) is 5.26 Å². The second-order valence-corrected chi connectivity index (χ2v) is 6.88. The summed E-state index contributed by atoms with van der Waals surface area (Å²) in [4.78, 5) is 16.5. The molecule has 0 atom stereocenters. The van der Waals surface area contributed by atoms with Crippen LogP contribution in [0.5, 0.6) is 0 Å². The number of aromatic nitrogens is 4. The van der Waals surface area contributed by atoms with E-state index in [4.69, 9.17) is 0 Å². The number of piperazine rings is 1. The number of aliphatic hydroxyl groups is 1. The number of anilines is 1. The second kappa shape index (κ2) is 7.66. The Morgan fingerprint density at radius 1 is 1.18 bits per heavy atom. The highest BCUT2D eigenvalue weighted by molar-refractivity contribution is 5.83. The smallest absolute Gasteiger partial charge is 0.225 e. The molecule has 2 N–H and O–H groups in total. The fraction of sp³-hybridized carbons (Fsp3) is 0.300. The molecule has 1 aromatic carbocycles. The molecule has 8 heteroatoms. The molecular weight excluding hydrogens is 354 g/mol. The first-order chi connectivity index (χ1) is 13.7. The third kappa shape index (κ3) is 3.40. The van der Waals surface area contributed by atoms with Gasteiger partial charge in [-0.25, -0.2) is 15.0 Å². The number of nitrogens with one attached hydrogen (secondary N) is 1. The van der Waals surface area contributed by atoms with E-state index in [1.54, 1.807) is 18.5 Å². The summed E-state index contributed by atoms with van der Waals surface area (Å²) >= 11 is 0. The van der Waals surface area contributed by atoms with E-state index in [-0.39, 0.29) is 11.3 Å². The zero-order valence-electron chi connectivity index (χ0n) is 15.7. The second-order valence-electron chi connectivity index (χ2n) is 6.88. The predicted molar refractivity (Wildman–Crippen MR) is 106 cm³/mol. The Hall–Kier alpha value is -3.44. The molecule has 1 aliphatic heterocycles. The van der Waals surface area contributed by atoms with Gasteiger partial charge in [0, 0.05) is 19.4 Å². The van der Waals surface area contributed by atoms with Gasteiger partial charge in [0.05, 0.1) is 37.2 Å². The number of quaternary nitrogens is 1. The van der Waals surface area contributed by atoms with Crippen LogP contribution in [0.15, 0.2) is 48.5 Å². The number of aliphatic hydroxyl groups excluding tert-OH is 1. The van der Waals surface area contributed by atoms with E-state index < -0.39 is 0 Å². The molecule has 0 amide bonds. The first-order valence-corrected chi connectivity index (χ1v) is 9.27. The van der Waals surface area contributed by atoms with Crippen molar-refractivity contribution in [3.63, 3.8) is 0 Å². The Morgan fingerprint density at radius 3 is 2.57 bits per heavy atom. The van der Waals surface area contributed by atoms with Gasteiger partial charge >= 0.3 is 0 Å². The molecule has 1 fully saturated rings. The quantitative estimate of drug-likeness (QED) is 0.510. The van der Waals surface area contributed by atoms with E-state index in [2.05, 4.69) is 25.9 Å². The van der Waals surface area contributed by atoms with Gasteiger partial charge in [-0.05, 0) is 18.2 Å².